The van der Waals surface area contributed by atoms with E-state index in [4.69, 9.17) is 5.11 Å². The number of aryl methyl sites for hydroxylation is 2. The summed E-state index contributed by atoms with van der Waals surface area (Å²) in [5.41, 5.74) is 1.81. The Labute approximate surface area is 117 Å². The van der Waals surface area contributed by atoms with Crippen LogP contribution in [0.5, 0.6) is 0 Å². The second-order valence-electron chi connectivity index (χ2n) is 5.13. The molecule has 1 amide bonds. The molecule has 20 heavy (non-hydrogen) atoms. The molecule has 2 atom stereocenters. The fourth-order valence-electron chi connectivity index (χ4n) is 2.51. The lowest BCUT2D eigenvalue weighted by molar-refractivity contribution is -0.147. The van der Waals surface area contributed by atoms with Crippen LogP contribution in [0.15, 0.2) is 18.3 Å². The molecule has 1 aliphatic rings. The molecular formula is C14H19N3O3. The first kappa shape index (κ1) is 14.3. The summed E-state index contributed by atoms with van der Waals surface area (Å²) in [4.78, 5) is 23.3. The van der Waals surface area contributed by atoms with Crippen molar-refractivity contribution in [3.05, 3.63) is 29.6 Å². The molecule has 0 bridgehead atoms. The maximum absolute atomic E-state index is 12.2. The predicted molar refractivity (Wildman–Crippen MR) is 72.8 cm³/mol. The second kappa shape index (κ2) is 5.90. The number of carbonyl (C=O) groups is 2. The van der Waals surface area contributed by atoms with E-state index in [1.165, 1.54) is 0 Å². The zero-order valence-corrected chi connectivity index (χ0v) is 11.7. The van der Waals surface area contributed by atoms with Gasteiger partial charge < -0.3 is 10.4 Å². The third kappa shape index (κ3) is 3.07. The Balaban J connectivity index is 1.99. The number of carboxylic acids is 1. The molecule has 1 aromatic rings. The number of hydrogen-bond acceptors (Lipinski definition) is 3. The topological polar surface area (TPSA) is 84.2 Å². The standard InChI is InChI=1S/C14H19N3O3/c1-9-10(8-17(2)16-9)7-15-13(18)11-5-3-4-6-12(11)14(19)20/h3-4,8,11-12H,5-7H2,1-2H3,(H,15,18)(H,19,20). The number of allylic oxidation sites excluding steroid dienone is 2. The average molecular weight is 277 g/mol. The zero-order valence-electron chi connectivity index (χ0n) is 11.7. The molecule has 0 saturated heterocycles. The average Bonchev–Trinajstić information content (AvgIpc) is 2.74. The number of carboxylic acid groups (broad SMARTS) is 1. The molecule has 2 rings (SSSR count). The minimum absolute atomic E-state index is 0.204. The van der Waals surface area contributed by atoms with Gasteiger partial charge in [-0.1, -0.05) is 12.2 Å². The zero-order chi connectivity index (χ0) is 14.7. The van der Waals surface area contributed by atoms with Crippen LogP contribution in [0.3, 0.4) is 0 Å². The van der Waals surface area contributed by atoms with Gasteiger partial charge in [0.1, 0.15) is 0 Å². The van der Waals surface area contributed by atoms with Crippen molar-refractivity contribution >= 4 is 11.9 Å². The number of nitrogens with one attached hydrogen (secondary N) is 1. The molecule has 108 valence electrons. The van der Waals surface area contributed by atoms with E-state index in [-0.39, 0.29) is 5.91 Å². The highest BCUT2D eigenvalue weighted by atomic mass is 16.4. The van der Waals surface area contributed by atoms with Crippen LogP contribution < -0.4 is 5.32 Å². The van der Waals surface area contributed by atoms with Gasteiger partial charge in [-0.25, -0.2) is 0 Å². The number of amides is 1. The van der Waals surface area contributed by atoms with Crippen LogP contribution in [0.25, 0.3) is 0 Å². The van der Waals surface area contributed by atoms with Gasteiger partial charge in [-0.15, -0.1) is 0 Å². The summed E-state index contributed by atoms with van der Waals surface area (Å²) in [6.07, 6.45) is 6.45. The molecule has 0 saturated carbocycles. The molecule has 0 radical (unpaired) electrons. The fourth-order valence-corrected chi connectivity index (χ4v) is 2.51. The molecule has 1 aliphatic carbocycles. The summed E-state index contributed by atoms with van der Waals surface area (Å²) in [6, 6.07) is 0. The van der Waals surface area contributed by atoms with Gasteiger partial charge in [-0.05, 0) is 19.8 Å². The normalized spacial score (nSPS) is 21.7. The largest absolute Gasteiger partial charge is 0.481 e. The first-order chi connectivity index (χ1) is 9.49. The van der Waals surface area contributed by atoms with E-state index in [2.05, 4.69) is 10.4 Å². The Morgan fingerprint density at radius 3 is 2.60 bits per heavy atom. The smallest absolute Gasteiger partial charge is 0.307 e. The monoisotopic (exact) mass is 277 g/mol. The van der Waals surface area contributed by atoms with Gasteiger partial charge in [0.25, 0.3) is 0 Å². The summed E-state index contributed by atoms with van der Waals surface area (Å²) in [7, 11) is 1.82. The molecule has 2 N–H and O–H groups in total. The molecule has 0 spiro atoms. The quantitative estimate of drug-likeness (QED) is 0.804. The second-order valence-corrected chi connectivity index (χ2v) is 5.13. The van der Waals surface area contributed by atoms with Crippen molar-refractivity contribution in [3.63, 3.8) is 0 Å². The van der Waals surface area contributed by atoms with Gasteiger partial charge in [-0.3, -0.25) is 14.3 Å². The molecule has 1 heterocycles. The van der Waals surface area contributed by atoms with Gasteiger partial charge in [0.2, 0.25) is 5.91 Å². The lowest BCUT2D eigenvalue weighted by Crippen LogP contribution is -2.38. The minimum atomic E-state index is -0.910. The highest BCUT2D eigenvalue weighted by Crippen LogP contribution is 2.26. The van der Waals surface area contributed by atoms with E-state index in [1.54, 1.807) is 4.68 Å². The maximum atomic E-state index is 12.2. The number of aliphatic carboxylic acids is 1. The summed E-state index contributed by atoms with van der Waals surface area (Å²) >= 11 is 0. The lowest BCUT2D eigenvalue weighted by Gasteiger charge is -2.24. The summed E-state index contributed by atoms with van der Waals surface area (Å²) in [5, 5.41) is 16.2. The van der Waals surface area contributed by atoms with Crippen LogP contribution in [0, 0.1) is 18.8 Å². The number of nitrogens with zero attached hydrogens (tertiary/aromatic N) is 2. The van der Waals surface area contributed by atoms with Crippen molar-refractivity contribution in [2.45, 2.75) is 26.3 Å². The van der Waals surface area contributed by atoms with Crippen molar-refractivity contribution in [1.29, 1.82) is 0 Å². The van der Waals surface area contributed by atoms with E-state index in [0.717, 1.165) is 11.3 Å². The highest BCUT2D eigenvalue weighted by molar-refractivity contribution is 5.85. The molecule has 6 heteroatoms. The Morgan fingerprint density at radius 2 is 2.05 bits per heavy atom. The molecule has 0 aromatic carbocycles. The van der Waals surface area contributed by atoms with Crippen LogP contribution in [-0.4, -0.2) is 26.8 Å². The van der Waals surface area contributed by atoms with Gasteiger partial charge in [0.15, 0.2) is 0 Å². The van der Waals surface area contributed by atoms with Crippen molar-refractivity contribution in [2.75, 3.05) is 0 Å². The number of hydrogen-bond donors (Lipinski definition) is 2. The van der Waals surface area contributed by atoms with E-state index in [1.807, 2.05) is 32.3 Å². The van der Waals surface area contributed by atoms with Crippen molar-refractivity contribution in [3.8, 4) is 0 Å². The Morgan fingerprint density at radius 1 is 1.40 bits per heavy atom. The van der Waals surface area contributed by atoms with Crippen LogP contribution in [-0.2, 0) is 23.2 Å². The SMILES string of the molecule is Cc1nn(C)cc1CNC(=O)C1CC=CCC1C(=O)O. The van der Waals surface area contributed by atoms with Crippen LogP contribution >= 0.6 is 0 Å². The minimum Gasteiger partial charge on any atom is -0.481 e. The first-order valence-electron chi connectivity index (χ1n) is 6.63. The van der Waals surface area contributed by atoms with E-state index in [0.29, 0.717) is 19.4 Å². The fraction of sp³-hybridized carbons (Fsp3) is 0.500. The van der Waals surface area contributed by atoms with Crippen LogP contribution in [0.1, 0.15) is 24.1 Å². The summed E-state index contributed by atoms with van der Waals surface area (Å²) in [6.45, 7) is 2.26. The van der Waals surface area contributed by atoms with E-state index >= 15 is 0 Å². The van der Waals surface area contributed by atoms with E-state index < -0.39 is 17.8 Å². The summed E-state index contributed by atoms with van der Waals surface area (Å²) in [5.74, 6) is -2.23. The highest BCUT2D eigenvalue weighted by Gasteiger charge is 2.33. The third-order valence-electron chi connectivity index (χ3n) is 3.65. The molecule has 6 nitrogen and oxygen atoms in total. The predicted octanol–water partition coefficient (Wildman–Crippen LogP) is 1.01. The van der Waals surface area contributed by atoms with E-state index in [9.17, 15) is 9.59 Å². The van der Waals surface area contributed by atoms with Gasteiger partial charge in [0, 0.05) is 25.4 Å². The van der Waals surface area contributed by atoms with Crippen molar-refractivity contribution in [1.82, 2.24) is 15.1 Å². The maximum Gasteiger partial charge on any atom is 0.307 e. The molecule has 0 fully saturated rings. The Hall–Kier alpha value is -2.11. The Bertz CT molecular complexity index is 548. The molecule has 0 aliphatic heterocycles. The van der Waals surface area contributed by atoms with Crippen molar-refractivity contribution < 1.29 is 14.7 Å². The molecule has 2 unspecified atom stereocenters. The Kier molecular flexibility index (Phi) is 4.22. The molecule has 1 aromatic heterocycles. The van der Waals surface area contributed by atoms with Gasteiger partial charge in [0.05, 0.1) is 17.5 Å². The third-order valence-corrected chi connectivity index (χ3v) is 3.65. The van der Waals surface area contributed by atoms with Crippen LogP contribution in [0.4, 0.5) is 0 Å². The van der Waals surface area contributed by atoms with Crippen molar-refractivity contribution in [2.24, 2.45) is 18.9 Å². The van der Waals surface area contributed by atoms with Crippen LogP contribution in [0.2, 0.25) is 0 Å². The van der Waals surface area contributed by atoms with Gasteiger partial charge in [-0.2, -0.15) is 5.10 Å². The summed E-state index contributed by atoms with van der Waals surface area (Å²) < 4.78 is 1.69. The number of aromatic nitrogens is 2. The number of carbonyl (C=O) groups excluding carboxylic acids is 1. The first-order valence-corrected chi connectivity index (χ1v) is 6.63. The molecular weight excluding hydrogens is 258 g/mol. The number of rotatable bonds is 4. The van der Waals surface area contributed by atoms with Gasteiger partial charge >= 0.3 is 5.97 Å². The lowest BCUT2D eigenvalue weighted by atomic mass is 9.82.